The SMILES string of the molecule is COc1ccc(OC)c(CCNC(=O)CCC2CCNCC2)c1. The summed E-state index contributed by atoms with van der Waals surface area (Å²) in [5.74, 6) is 2.47. The number of nitrogens with one attached hydrogen (secondary N) is 2. The highest BCUT2D eigenvalue weighted by Gasteiger charge is 2.14. The van der Waals surface area contributed by atoms with Gasteiger partial charge in [0.15, 0.2) is 0 Å². The number of ether oxygens (including phenoxy) is 2. The van der Waals surface area contributed by atoms with Crippen LogP contribution in [0.2, 0.25) is 0 Å². The predicted octanol–water partition coefficient (Wildman–Crippen LogP) is 2.14. The molecule has 128 valence electrons. The Balaban J connectivity index is 1.72. The van der Waals surface area contributed by atoms with Crippen LogP contribution < -0.4 is 20.1 Å². The van der Waals surface area contributed by atoms with Gasteiger partial charge >= 0.3 is 0 Å². The van der Waals surface area contributed by atoms with Crippen molar-refractivity contribution < 1.29 is 14.3 Å². The van der Waals surface area contributed by atoms with E-state index in [1.807, 2.05) is 18.2 Å². The first-order valence-corrected chi connectivity index (χ1v) is 8.41. The molecule has 0 spiro atoms. The molecule has 0 unspecified atom stereocenters. The molecular formula is C18H28N2O3. The molecule has 1 fully saturated rings. The lowest BCUT2D eigenvalue weighted by atomic mass is 9.93. The Labute approximate surface area is 138 Å². The van der Waals surface area contributed by atoms with Gasteiger partial charge in [-0.3, -0.25) is 4.79 Å². The molecule has 1 aliphatic heterocycles. The van der Waals surface area contributed by atoms with Gasteiger partial charge in [0, 0.05) is 13.0 Å². The van der Waals surface area contributed by atoms with E-state index in [0.29, 0.717) is 18.9 Å². The van der Waals surface area contributed by atoms with Gasteiger partial charge in [0.05, 0.1) is 14.2 Å². The number of methoxy groups -OCH3 is 2. The summed E-state index contributed by atoms with van der Waals surface area (Å²) in [6.07, 6.45) is 4.73. The maximum absolute atomic E-state index is 12.0. The second-order valence-electron chi connectivity index (χ2n) is 6.01. The van der Waals surface area contributed by atoms with Crippen molar-refractivity contribution in [3.63, 3.8) is 0 Å². The molecule has 0 atom stereocenters. The first-order chi connectivity index (χ1) is 11.2. The molecule has 1 heterocycles. The first-order valence-electron chi connectivity index (χ1n) is 8.41. The smallest absolute Gasteiger partial charge is 0.220 e. The van der Waals surface area contributed by atoms with Crippen molar-refractivity contribution in [2.45, 2.75) is 32.1 Å². The van der Waals surface area contributed by atoms with Crippen LogP contribution >= 0.6 is 0 Å². The van der Waals surface area contributed by atoms with Gasteiger partial charge in [-0.1, -0.05) is 0 Å². The fourth-order valence-electron chi connectivity index (χ4n) is 3.01. The molecule has 1 aromatic carbocycles. The molecule has 0 radical (unpaired) electrons. The fraction of sp³-hybridized carbons (Fsp3) is 0.611. The predicted molar refractivity (Wildman–Crippen MR) is 91.1 cm³/mol. The monoisotopic (exact) mass is 320 g/mol. The summed E-state index contributed by atoms with van der Waals surface area (Å²) in [4.78, 5) is 12.0. The average molecular weight is 320 g/mol. The van der Waals surface area contributed by atoms with Gasteiger partial charge in [0.2, 0.25) is 5.91 Å². The largest absolute Gasteiger partial charge is 0.497 e. The van der Waals surface area contributed by atoms with Crippen LogP contribution in [0, 0.1) is 5.92 Å². The van der Waals surface area contributed by atoms with E-state index in [0.717, 1.165) is 43.0 Å². The minimum absolute atomic E-state index is 0.144. The summed E-state index contributed by atoms with van der Waals surface area (Å²) in [6.45, 7) is 2.79. The normalized spacial score (nSPS) is 15.2. The van der Waals surface area contributed by atoms with Crippen molar-refractivity contribution in [2.75, 3.05) is 33.9 Å². The second kappa shape index (κ2) is 9.40. The van der Waals surface area contributed by atoms with Crippen molar-refractivity contribution >= 4 is 5.91 Å². The van der Waals surface area contributed by atoms with Gasteiger partial charge in [-0.25, -0.2) is 0 Å². The minimum atomic E-state index is 0.144. The van der Waals surface area contributed by atoms with Gasteiger partial charge in [-0.05, 0) is 68.5 Å². The summed E-state index contributed by atoms with van der Waals surface area (Å²) in [7, 11) is 3.30. The lowest BCUT2D eigenvalue weighted by Crippen LogP contribution is -2.30. The number of carbonyl (C=O) groups excluding carboxylic acids is 1. The van der Waals surface area contributed by atoms with Gasteiger partial charge in [-0.15, -0.1) is 0 Å². The van der Waals surface area contributed by atoms with Crippen LogP contribution in [0.1, 0.15) is 31.2 Å². The van der Waals surface area contributed by atoms with Crippen LogP contribution in [-0.2, 0) is 11.2 Å². The first kappa shape index (κ1) is 17.6. The average Bonchev–Trinajstić information content (AvgIpc) is 2.60. The Morgan fingerprint density at radius 3 is 2.74 bits per heavy atom. The van der Waals surface area contributed by atoms with Crippen LogP contribution in [0.5, 0.6) is 11.5 Å². The third-order valence-corrected chi connectivity index (χ3v) is 4.44. The van der Waals surface area contributed by atoms with Crippen LogP contribution in [-0.4, -0.2) is 39.8 Å². The lowest BCUT2D eigenvalue weighted by Gasteiger charge is -2.22. The third-order valence-electron chi connectivity index (χ3n) is 4.44. The number of hydrogen-bond donors (Lipinski definition) is 2. The molecule has 1 aromatic rings. The van der Waals surface area contributed by atoms with Gasteiger partial charge in [-0.2, -0.15) is 0 Å². The molecular weight excluding hydrogens is 292 g/mol. The molecule has 23 heavy (non-hydrogen) atoms. The Morgan fingerprint density at radius 2 is 2.04 bits per heavy atom. The molecule has 0 bridgehead atoms. The number of piperidine rings is 1. The van der Waals surface area contributed by atoms with Crippen LogP contribution in [0.15, 0.2) is 18.2 Å². The van der Waals surface area contributed by atoms with E-state index in [1.54, 1.807) is 14.2 Å². The lowest BCUT2D eigenvalue weighted by molar-refractivity contribution is -0.121. The fourth-order valence-corrected chi connectivity index (χ4v) is 3.01. The van der Waals surface area contributed by atoms with Crippen molar-refractivity contribution in [3.05, 3.63) is 23.8 Å². The maximum atomic E-state index is 12.0. The van der Waals surface area contributed by atoms with E-state index in [1.165, 1.54) is 12.8 Å². The molecule has 2 N–H and O–H groups in total. The zero-order valence-electron chi connectivity index (χ0n) is 14.2. The summed E-state index contributed by atoms with van der Waals surface area (Å²) >= 11 is 0. The third kappa shape index (κ3) is 5.75. The summed E-state index contributed by atoms with van der Waals surface area (Å²) in [6, 6.07) is 5.73. The minimum Gasteiger partial charge on any atom is -0.497 e. The molecule has 0 saturated carbocycles. The zero-order valence-corrected chi connectivity index (χ0v) is 14.2. The topological polar surface area (TPSA) is 59.6 Å². The summed E-state index contributed by atoms with van der Waals surface area (Å²) < 4.78 is 10.6. The Kier molecular flexibility index (Phi) is 7.20. The van der Waals surface area contributed by atoms with Gasteiger partial charge in [0.25, 0.3) is 0 Å². The van der Waals surface area contributed by atoms with Crippen molar-refractivity contribution in [1.82, 2.24) is 10.6 Å². The highest BCUT2D eigenvalue weighted by molar-refractivity contribution is 5.75. The highest BCUT2D eigenvalue weighted by Crippen LogP contribution is 2.24. The Hall–Kier alpha value is -1.75. The molecule has 1 amide bonds. The van der Waals surface area contributed by atoms with Crippen molar-refractivity contribution in [2.24, 2.45) is 5.92 Å². The molecule has 1 aliphatic rings. The number of benzene rings is 1. The van der Waals surface area contributed by atoms with E-state index in [-0.39, 0.29) is 5.91 Å². The highest BCUT2D eigenvalue weighted by atomic mass is 16.5. The molecule has 0 aromatic heterocycles. The number of amides is 1. The van der Waals surface area contributed by atoms with Crippen LogP contribution in [0.25, 0.3) is 0 Å². The van der Waals surface area contributed by atoms with Crippen molar-refractivity contribution in [3.8, 4) is 11.5 Å². The van der Waals surface area contributed by atoms with E-state index in [4.69, 9.17) is 9.47 Å². The van der Waals surface area contributed by atoms with Crippen LogP contribution in [0.4, 0.5) is 0 Å². The van der Waals surface area contributed by atoms with E-state index in [9.17, 15) is 4.79 Å². The second-order valence-corrected chi connectivity index (χ2v) is 6.01. The molecule has 5 heteroatoms. The quantitative estimate of drug-likeness (QED) is 0.770. The standard InChI is InChI=1S/C18H28N2O3/c1-22-16-4-5-17(23-2)15(13-16)9-12-20-18(21)6-3-14-7-10-19-11-8-14/h4-5,13-14,19H,3,6-12H2,1-2H3,(H,20,21). The van der Waals surface area contributed by atoms with Crippen LogP contribution in [0.3, 0.4) is 0 Å². The molecule has 5 nitrogen and oxygen atoms in total. The van der Waals surface area contributed by atoms with E-state index < -0.39 is 0 Å². The molecule has 1 saturated heterocycles. The summed E-state index contributed by atoms with van der Waals surface area (Å²) in [5, 5.41) is 6.36. The Morgan fingerprint density at radius 1 is 1.26 bits per heavy atom. The number of hydrogen-bond acceptors (Lipinski definition) is 4. The number of rotatable bonds is 8. The molecule has 2 rings (SSSR count). The van der Waals surface area contributed by atoms with Gasteiger partial charge < -0.3 is 20.1 Å². The summed E-state index contributed by atoms with van der Waals surface area (Å²) in [5.41, 5.74) is 1.05. The van der Waals surface area contributed by atoms with Gasteiger partial charge in [0.1, 0.15) is 11.5 Å². The molecule has 0 aliphatic carbocycles. The number of carbonyl (C=O) groups is 1. The zero-order chi connectivity index (χ0) is 16.5. The van der Waals surface area contributed by atoms with Crippen molar-refractivity contribution in [1.29, 1.82) is 0 Å². The van der Waals surface area contributed by atoms with E-state index >= 15 is 0 Å². The maximum Gasteiger partial charge on any atom is 0.220 e. The van der Waals surface area contributed by atoms with E-state index in [2.05, 4.69) is 10.6 Å². The Bertz CT molecular complexity index is 499.